The van der Waals surface area contributed by atoms with Gasteiger partial charge in [0.2, 0.25) is 5.91 Å². The molecule has 0 aliphatic carbocycles. The number of rotatable bonds is 11. The molecule has 0 radical (unpaired) electrons. The molecule has 3 amide bonds. The maximum atomic E-state index is 13.5. The molecule has 9 heteroatoms. The van der Waals surface area contributed by atoms with Crippen LogP contribution in [0.1, 0.15) is 26.7 Å². The zero-order valence-corrected chi connectivity index (χ0v) is 26.3. The number of benzene rings is 5. The van der Waals surface area contributed by atoms with Crippen molar-refractivity contribution in [3.05, 3.63) is 161 Å². The molecule has 0 saturated carbocycles. The van der Waals surface area contributed by atoms with E-state index in [4.69, 9.17) is 16.3 Å². The molecular formula is C37H30ClN3O4S. The molecule has 7 nitrogen and oxygen atoms in total. The van der Waals surface area contributed by atoms with Gasteiger partial charge in [-0.3, -0.25) is 14.4 Å². The molecule has 0 saturated heterocycles. The van der Waals surface area contributed by atoms with Crippen molar-refractivity contribution >= 4 is 58.5 Å². The molecule has 1 unspecified atom stereocenters. The van der Waals surface area contributed by atoms with Crippen LogP contribution in [-0.4, -0.2) is 24.8 Å². The van der Waals surface area contributed by atoms with E-state index in [9.17, 15) is 14.4 Å². The Bertz CT molecular complexity index is 1830. The Labute approximate surface area is 276 Å². The summed E-state index contributed by atoms with van der Waals surface area (Å²) in [4.78, 5) is 40.7. The maximum Gasteiger partial charge on any atom is 0.272 e. The first kappa shape index (κ1) is 32.1. The van der Waals surface area contributed by atoms with Gasteiger partial charge in [-0.1, -0.05) is 78.3 Å². The summed E-state index contributed by atoms with van der Waals surface area (Å²) < 4.78 is 5.29. The summed E-state index contributed by atoms with van der Waals surface area (Å²) in [7, 11) is 1.58. The highest BCUT2D eigenvalue weighted by atomic mass is 35.5. The number of halogens is 1. The van der Waals surface area contributed by atoms with Gasteiger partial charge in [0.15, 0.2) is 0 Å². The predicted molar refractivity (Wildman–Crippen MR) is 185 cm³/mol. The first-order chi connectivity index (χ1) is 22.4. The van der Waals surface area contributed by atoms with Crippen molar-refractivity contribution in [3.63, 3.8) is 0 Å². The van der Waals surface area contributed by atoms with Crippen molar-refractivity contribution in [2.24, 2.45) is 0 Å². The van der Waals surface area contributed by atoms with Crippen molar-refractivity contribution in [2.75, 3.05) is 17.7 Å². The minimum atomic E-state index is -0.546. The largest absolute Gasteiger partial charge is 0.497 e. The number of ether oxygens (including phenoxy) is 1. The Kier molecular flexibility index (Phi) is 10.9. The lowest BCUT2D eigenvalue weighted by atomic mass is 10.1. The van der Waals surface area contributed by atoms with Crippen LogP contribution in [0, 0.1) is 0 Å². The van der Waals surface area contributed by atoms with E-state index in [1.54, 1.807) is 79.9 Å². The molecular weight excluding hydrogens is 618 g/mol. The Morgan fingerprint density at radius 2 is 1.41 bits per heavy atom. The molecule has 3 N–H and O–H groups in total. The highest BCUT2D eigenvalue weighted by molar-refractivity contribution is 8.00. The van der Waals surface area contributed by atoms with Gasteiger partial charge in [0.1, 0.15) is 16.7 Å². The van der Waals surface area contributed by atoms with Crippen LogP contribution in [0.25, 0.3) is 6.08 Å². The fraction of sp³-hybridized carbons (Fsp3) is 0.0541. The summed E-state index contributed by atoms with van der Waals surface area (Å²) in [6, 6.07) is 39.5. The SMILES string of the molecule is COc1cccc(NC(=O)C(Sc2ccc(NC(=O)/C(=C/c3ccc(Cl)cc3)NC(=O)c3ccccc3)cc2)c2ccccc2)c1. The number of hydrogen-bond donors (Lipinski definition) is 3. The average molecular weight is 648 g/mol. The van der Waals surface area contributed by atoms with E-state index < -0.39 is 17.1 Å². The van der Waals surface area contributed by atoms with Crippen LogP contribution >= 0.6 is 23.4 Å². The van der Waals surface area contributed by atoms with Gasteiger partial charge < -0.3 is 20.7 Å². The van der Waals surface area contributed by atoms with Crippen molar-refractivity contribution in [3.8, 4) is 5.75 Å². The van der Waals surface area contributed by atoms with Crippen molar-refractivity contribution in [1.82, 2.24) is 5.32 Å². The van der Waals surface area contributed by atoms with Gasteiger partial charge in [-0.2, -0.15) is 0 Å². The van der Waals surface area contributed by atoms with Crippen molar-refractivity contribution < 1.29 is 19.1 Å². The standard InChI is InChI=1S/C37H30ClN3O4S/c1-45-31-14-8-13-30(24-31)40-37(44)34(26-9-4-2-5-10-26)46-32-21-19-29(20-22-32)39-36(43)33(23-25-15-17-28(38)18-16-25)41-35(42)27-11-6-3-7-12-27/h2-24,34H,1H3,(H,39,43)(H,40,44)(H,41,42)/b33-23-. The fourth-order valence-corrected chi connectivity index (χ4v) is 5.58. The highest BCUT2D eigenvalue weighted by Gasteiger charge is 2.23. The van der Waals surface area contributed by atoms with Crippen molar-refractivity contribution in [1.29, 1.82) is 0 Å². The smallest absolute Gasteiger partial charge is 0.272 e. The van der Waals surface area contributed by atoms with E-state index in [-0.39, 0.29) is 11.6 Å². The third-order valence-electron chi connectivity index (χ3n) is 6.75. The Hall–Kier alpha value is -5.31. The van der Waals surface area contributed by atoms with Gasteiger partial charge in [0.05, 0.1) is 7.11 Å². The lowest BCUT2D eigenvalue weighted by Gasteiger charge is -2.18. The molecule has 0 spiro atoms. The van der Waals surface area contributed by atoms with E-state index in [2.05, 4.69) is 16.0 Å². The highest BCUT2D eigenvalue weighted by Crippen LogP contribution is 2.37. The Morgan fingerprint density at radius 1 is 0.739 bits per heavy atom. The molecule has 0 bridgehead atoms. The van der Waals surface area contributed by atoms with Crippen LogP contribution in [0.2, 0.25) is 5.02 Å². The number of anilines is 2. The zero-order chi connectivity index (χ0) is 32.3. The number of amides is 3. The lowest BCUT2D eigenvalue weighted by molar-refractivity contribution is -0.116. The fourth-order valence-electron chi connectivity index (χ4n) is 4.43. The number of carbonyl (C=O) groups is 3. The van der Waals surface area contributed by atoms with Gasteiger partial charge in [0, 0.05) is 32.9 Å². The maximum absolute atomic E-state index is 13.5. The third-order valence-corrected chi connectivity index (χ3v) is 8.27. The number of nitrogens with one attached hydrogen (secondary N) is 3. The average Bonchev–Trinajstić information content (AvgIpc) is 3.09. The molecule has 5 aromatic rings. The first-order valence-corrected chi connectivity index (χ1v) is 15.6. The second-order valence-electron chi connectivity index (χ2n) is 10.0. The normalized spacial score (nSPS) is 11.7. The summed E-state index contributed by atoms with van der Waals surface area (Å²) >= 11 is 7.41. The molecule has 0 aliphatic heterocycles. The molecule has 0 fully saturated rings. The topological polar surface area (TPSA) is 96.5 Å². The number of hydrogen-bond acceptors (Lipinski definition) is 5. The number of methoxy groups -OCH3 is 1. The summed E-state index contributed by atoms with van der Waals surface area (Å²) in [5.41, 5.74) is 3.16. The first-order valence-electron chi connectivity index (χ1n) is 14.3. The van der Waals surface area contributed by atoms with Crippen molar-refractivity contribution in [2.45, 2.75) is 10.1 Å². The van der Waals surface area contributed by atoms with Gasteiger partial charge in [0.25, 0.3) is 11.8 Å². The van der Waals surface area contributed by atoms with Crippen LogP contribution in [0.3, 0.4) is 0 Å². The van der Waals surface area contributed by atoms with E-state index >= 15 is 0 Å². The molecule has 5 rings (SSSR count). The minimum Gasteiger partial charge on any atom is -0.497 e. The third kappa shape index (κ3) is 8.88. The second-order valence-corrected chi connectivity index (χ2v) is 11.7. The number of thioether (sulfide) groups is 1. The van der Waals surface area contributed by atoms with Gasteiger partial charge in [-0.15, -0.1) is 11.8 Å². The summed E-state index contributed by atoms with van der Waals surface area (Å²) in [6.07, 6.45) is 1.59. The Morgan fingerprint density at radius 3 is 2.09 bits per heavy atom. The molecule has 0 heterocycles. The van der Waals surface area contributed by atoms with Crippen LogP contribution in [0.4, 0.5) is 11.4 Å². The lowest BCUT2D eigenvalue weighted by Crippen LogP contribution is -2.30. The van der Waals surface area contributed by atoms with E-state index in [1.807, 2.05) is 66.7 Å². The zero-order valence-electron chi connectivity index (χ0n) is 24.8. The molecule has 1 atom stereocenters. The summed E-state index contributed by atoms with van der Waals surface area (Å²) in [5, 5.41) is 8.59. The second kappa shape index (κ2) is 15.6. The molecule has 5 aromatic carbocycles. The Balaban J connectivity index is 1.32. The quantitative estimate of drug-likeness (QED) is 0.0991. The van der Waals surface area contributed by atoms with Gasteiger partial charge in [-0.25, -0.2) is 0 Å². The van der Waals surface area contributed by atoms with Gasteiger partial charge >= 0.3 is 0 Å². The summed E-state index contributed by atoms with van der Waals surface area (Å²) in [5.74, 6) is -0.459. The minimum absolute atomic E-state index is 0.0629. The van der Waals surface area contributed by atoms with E-state index in [0.29, 0.717) is 33.3 Å². The van der Waals surface area contributed by atoms with Crippen LogP contribution < -0.4 is 20.7 Å². The monoisotopic (exact) mass is 647 g/mol. The number of carbonyl (C=O) groups excluding carboxylic acids is 3. The molecule has 46 heavy (non-hydrogen) atoms. The van der Waals surface area contributed by atoms with Gasteiger partial charge in [-0.05, 0) is 77.9 Å². The summed E-state index contributed by atoms with van der Waals surface area (Å²) in [6.45, 7) is 0. The molecule has 230 valence electrons. The molecule has 0 aromatic heterocycles. The van der Waals surface area contributed by atoms with Crippen LogP contribution in [0.5, 0.6) is 5.75 Å². The molecule has 0 aliphatic rings. The van der Waals surface area contributed by atoms with E-state index in [0.717, 1.165) is 10.5 Å². The van der Waals surface area contributed by atoms with Crippen LogP contribution in [-0.2, 0) is 9.59 Å². The van der Waals surface area contributed by atoms with E-state index in [1.165, 1.54) is 11.8 Å². The predicted octanol–water partition coefficient (Wildman–Crippen LogP) is 8.23. The van der Waals surface area contributed by atoms with Crippen LogP contribution in [0.15, 0.2) is 144 Å².